The molecule has 4 heteroatoms. The second-order valence-electron chi connectivity index (χ2n) is 5.40. The average Bonchev–Trinajstić information content (AvgIpc) is 2.46. The highest BCUT2D eigenvalue weighted by Gasteiger charge is 2.35. The van der Waals surface area contributed by atoms with Crippen molar-refractivity contribution >= 4 is 18.3 Å². The molecule has 3 nitrogen and oxygen atoms in total. The van der Waals surface area contributed by atoms with Crippen LogP contribution in [0.3, 0.4) is 0 Å². The Labute approximate surface area is 105 Å². The molecule has 0 aromatic carbocycles. The summed E-state index contributed by atoms with van der Waals surface area (Å²) in [5.74, 6) is 0.246. The van der Waals surface area contributed by atoms with Crippen molar-refractivity contribution in [2.75, 3.05) is 13.6 Å². The van der Waals surface area contributed by atoms with Crippen LogP contribution in [0.25, 0.3) is 0 Å². The van der Waals surface area contributed by atoms with Crippen molar-refractivity contribution < 1.29 is 4.79 Å². The van der Waals surface area contributed by atoms with Gasteiger partial charge in [-0.1, -0.05) is 27.2 Å². The minimum Gasteiger partial charge on any atom is -0.353 e. The van der Waals surface area contributed by atoms with E-state index in [2.05, 4.69) is 24.5 Å². The Morgan fingerprint density at radius 2 is 2.12 bits per heavy atom. The van der Waals surface area contributed by atoms with Gasteiger partial charge in [0, 0.05) is 18.5 Å². The number of hydrogen-bond acceptors (Lipinski definition) is 2. The van der Waals surface area contributed by atoms with Crippen LogP contribution in [-0.4, -0.2) is 25.5 Å². The summed E-state index contributed by atoms with van der Waals surface area (Å²) in [5, 5.41) is 6.21. The summed E-state index contributed by atoms with van der Waals surface area (Å²) in [7, 11) is 1.88. The quantitative estimate of drug-likeness (QED) is 0.799. The molecule has 2 atom stereocenters. The molecule has 0 bridgehead atoms. The third-order valence-corrected chi connectivity index (χ3v) is 3.53. The monoisotopic (exact) mass is 248 g/mol. The topological polar surface area (TPSA) is 41.1 Å². The zero-order valence-corrected chi connectivity index (χ0v) is 11.6. The fraction of sp³-hybridized carbons (Fsp3) is 0.917. The first kappa shape index (κ1) is 15.7. The van der Waals surface area contributed by atoms with Crippen molar-refractivity contribution in [3.05, 3.63) is 0 Å². The lowest BCUT2D eigenvalue weighted by Crippen LogP contribution is -2.45. The number of amides is 1. The molecule has 96 valence electrons. The number of carbonyl (C=O) groups is 1. The maximum atomic E-state index is 11.8. The van der Waals surface area contributed by atoms with Crippen LogP contribution in [0, 0.1) is 11.3 Å². The first-order valence-electron chi connectivity index (χ1n) is 5.92. The number of rotatable bonds is 4. The van der Waals surface area contributed by atoms with E-state index < -0.39 is 0 Å². The minimum absolute atomic E-state index is 0. The van der Waals surface area contributed by atoms with Crippen LogP contribution in [0.5, 0.6) is 0 Å². The molecule has 0 aromatic rings. The van der Waals surface area contributed by atoms with Gasteiger partial charge in [-0.25, -0.2) is 0 Å². The van der Waals surface area contributed by atoms with Crippen molar-refractivity contribution in [3.63, 3.8) is 0 Å². The first-order valence-corrected chi connectivity index (χ1v) is 5.92. The Morgan fingerprint density at radius 1 is 1.50 bits per heavy atom. The normalized spacial score (nSPS) is 24.6. The lowest BCUT2D eigenvalue weighted by molar-refractivity contribution is -0.125. The van der Waals surface area contributed by atoms with Crippen molar-refractivity contribution in [1.29, 1.82) is 0 Å². The van der Waals surface area contributed by atoms with Crippen molar-refractivity contribution in [3.8, 4) is 0 Å². The Morgan fingerprint density at radius 3 is 2.56 bits per heavy atom. The largest absolute Gasteiger partial charge is 0.353 e. The maximum absolute atomic E-state index is 11.8. The molecule has 0 aliphatic heterocycles. The number of nitrogens with one attached hydrogen (secondary N) is 2. The highest BCUT2D eigenvalue weighted by molar-refractivity contribution is 5.85. The third-order valence-electron chi connectivity index (χ3n) is 3.53. The maximum Gasteiger partial charge on any atom is 0.224 e. The number of hydrogen-bond donors (Lipinski definition) is 2. The van der Waals surface area contributed by atoms with Gasteiger partial charge in [-0.3, -0.25) is 4.79 Å². The van der Waals surface area contributed by atoms with E-state index in [1.54, 1.807) is 0 Å². The average molecular weight is 249 g/mol. The standard InChI is InChI=1S/C12H24N2O.ClH/c1-9(8-13-4)11(15)14-10-6-5-7-12(10,2)3;/h9-10,13H,5-8H2,1-4H3,(H,14,15);1H. The van der Waals surface area contributed by atoms with Crippen LogP contribution < -0.4 is 10.6 Å². The Bertz CT molecular complexity index is 231. The first-order chi connectivity index (χ1) is 6.97. The molecule has 1 amide bonds. The zero-order chi connectivity index (χ0) is 11.5. The molecule has 0 spiro atoms. The van der Waals surface area contributed by atoms with Crippen LogP contribution in [0.15, 0.2) is 0 Å². The van der Waals surface area contributed by atoms with Crippen LogP contribution in [0.2, 0.25) is 0 Å². The Hall–Kier alpha value is -0.280. The summed E-state index contributed by atoms with van der Waals surface area (Å²) in [6.45, 7) is 7.20. The van der Waals surface area contributed by atoms with E-state index in [0.717, 1.165) is 13.0 Å². The van der Waals surface area contributed by atoms with Crippen molar-refractivity contribution in [2.24, 2.45) is 11.3 Å². The Kier molecular flexibility index (Phi) is 6.34. The predicted octanol–water partition coefficient (Wildman–Crippen LogP) is 1.96. The summed E-state index contributed by atoms with van der Waals surface area (Å²) in [6, 6.07) is 0.365. The summed E-state index contributed by atoms with van der Waals surface area (Å²) in [4.78, 5) is 11.8. The van der Waals surface area contributed by atoms with E-state index in [-0.39, 0.29) is 29.6 Å². The molecule has 2 unspecified atom stereocenters. The zero-order valence-electron chi connectivity index (χ0n) is 10.8. The SMILES string of the molecule is CNCC(C)C(=O)NC1CCCC1(C)C.Cl. The predicted molar refractivity (Wildman–Crippen MR) is 69.9 cm³/mol. The molecule has 1 rings (SSSR count). The summed E-state index contributed by atoms with van der Waals surface area (Å²) in [5.41, 5.74) is 0.273. The van der Waals surface area contributed by atoms with Gasteiger partial charge in [0.25, 0.3) is 0 Å². The van der Waals surface area contributed by atoms with Gasteiger partial charge in [0.1, 0.15) is 0 Å². The molecule has 0 heterocycles. The lowest BCUT2D eigenvalue weighted by Gasteiger charge is -2.28. The molecule has 0 aromatic heterocycles. The van der Waals surface area contributed by atoms with E-state index in [0.29, 0.717) is 6.04 Å². The van der Waals surface area contributed by atoms with Gasteiger partial charge in [-0.15, -0.1) is 12.4 Å². The molecule has 16 heavy (non-hydrogen) atoms. The van der Waals surface area contributed by atoms with E-state index in [1.165, 1.54) is 12.8 Å². The molecule has 1 aliphatic carbocycles. The Balaban J connectivity index is 0.00000225. The van der Waals surface area contributed by atoms with Gasteiger partial charge in [-0.05, 0) is 25.3 Å². The molecular formula is C12H25ClN2O. The van der Waals surface area contributed by atoms with Crippen LogP contribution >= 0.6 is 12.4 Å². The van der Waals surface area contributed by atoms with Crippen LogP contribution in [0.4, 0.5) is 0 Å². The van der Waals surface area contributed by atoms with Gasteiger partial charge >= 0.3 is 0 Å². The highest BCUT2D eigenvalue weighted by Crippen LogP contribution is 2.37. The number of halogens is 1. The van der Waals surface area contributed by atoms with Gasteiger partial charge in [0.15, 0.2) is 0 Å². The fourth-order valence-electron chi connectivity index (χ4n) is 2.31. The van der Waals surface area contributed by atoms with Crippen LogP contribution in [0.1, 0.15) is 40.0 Å². The van der Waals surface area contributed by atoms with Gasteiger partial charge in [-0.2, -0.15) is 0 Å². The molecular weight excluding hydrogens is 224 g/mol. The second kappa shape index (κ2) is 6.45. The molecule has 1 aliphatic rings. The second-order valence-corrected chi connectivity index (χ2v) is 5.40. The highest BCUT2D eigenvalue weighted by atomic mass is 35.5. The van der Waals surface area contributed by atoms with Gasteiger partial charge in [0.2, 0.25) is 5.91 Å². The van der Waals surface area contributed by atoms with Crippen molar-refractivity contribution in [1.82, 2.24) is 10.6 Å². The van der Waals surface area contributed by atoms with Crippen molar-refractivity contribution in [2.45, 2.75) is 46.1 Å². The molecule has 1 saturated carbocycles. The van der Waals surface area contributed by atoms with Gasteiger partial charge in [0.05, 0.1) is 0 Å². The lowest BCUT2D eigenvalue weighted by atomic mass is 9.87. The molecule has 0 saturated heterocycles. The van der Waals surface area contributed by atoms with E-state index in [9.17, 15) is 4.79 Å². The van der Waals surface area contributed by atoms with E-state index in [4.69, 9.17) is 0 Å². The summed E-state index contributed by atoms with van der Waals surface area (Å²) < 4.78 is 0. The minimum atomic E-state index is 0. The smallest absolute Gasteiger partial charge is 0.224 e. The summed E-state index contributed by atoms with van der Waals surface area (Å²) in [6.07, 6.45) is 3.59. The molecule has 2 N–H and O–H groups in total. The molecule has 1 fully saturated rings. The van der Waals surface area contributed by atoms with E-state index >= 15 is 0 Å². The fourth-order valence-corrected chi connectivity index (χ4v) is 2.31. The molecule has 0 radical (unpaired) electrons. The van der Waals surface area contributed by atoms with Gasteiger partial charge < -0.3 is 10.6 Å². The third kappa shape index (κ3) is 3.95. The van der Waals surface area contributed by atoms with Crippen LogP contribution in [-0.2, 0) is 4.79 Å². The number of carbonyl (C=O) groups excluding carboxylic acids is 1. The van der Waals surface area contributed by atoms with E-state index in [1.807, 2.05) is 14.0 Å². The summed E-state index contributed by atoms with van der Waals surface area (Å²) >= 11 is 0.